The van der Waals surface area contributed by atoms with Crippen molar-refractivity contribution in [2.75, 3.05) is 61.2 Å². The summed E-state index contributed by atoms with van der Waals surface area (Å²) in [5.41, 5.74) is 2.81. The molecule has 1 saturated heterocycles. The monoisotopic (exact) mass is 562 g/mol. The van der Waals surface area contributed by atoms with E-state index in [1.54, 1.807) is 28.4 Å². The Kier molecular flexibility index (Phi) is 9.20. The minimum Gasteiger partial charge on any atom is -0.493 e. The van der Waals surface area contributed by atoms with E-state index in [1.807, 2.05) is 41.3 Å². The van der Waals surface area contributed by atoms with Crippen molar-refractivity contribution in [2.45, 2.75) is 38.2 Å². The lowest BCUT2D eigenvalue weighted by Crippen LogP contribution is -2.44. The average molecular weight is 563 g/mol. The molecule has 2 aliphatic rings. The van der Waals surface area contributed by atoms with Crippen molar-refractivity contribution < 1.29 is 28.8 Å². The third kappa shape index (κ3) is 6.23. The van der Waals surface area contributed by atoms with Crippen LogP contribution < -0.4 is 18.9 Å². The van der Waals surface area contributed by atoms with Crippen molar-refractivity contribution in [2.24, 2.45) is 5.92 Å². The highest BCUT2D eigenvalue weighted by Gasteiger charge is 2.30. The van der Waals surface area contributed by atoms with E-state index in [1.165, 1.54) is 0 Å². The van der Waals surface area contributed by atoms with Crippen LogP contribution >= 0.6 is 0 Å². The van der Waals surface area contributed by atoms with Gasteiger partial charge < -0.3 is 33.9 Å². The van der Waals surface area contributed by atoms with Gasteiger partial charge in [-0.25, -0.2) is 0 Å². The van der Waals surface area contributed by atoms with Gasteiger partial charge in [-0.05, 0) is 66.4 Å². The standard InChI is InChI=1S/C33H42N2O6/c1-38-29-12-11-26-23(9-7-10-27(26)32(29)41-4)16-25(36)21-34-14-6-5-8-22(19-34)20-35-15-13-24-17-30(39-2)31(40-3)18-28(24)33(35)37/h7,9-12,17-18,22,25,36H,5-6,8,13-16,19-21H2,1-4H3. The second-order valence-electron chi connectivity index (χ2n) is 11.2. The van der Waals surface area contributed by atoms with Crippen LogP contribution in [-0.4, -0.2) is 88.1 Å². The number of aliphatic hydroxyl groups is 1. The summed E-state index contributed by atoms with van der Waals surface area (Å²) in [4.78, 5) is 17.8. The Bertz CT molecular complexity index is 1380. The topological polar surface area (TPSA) is 80.7 Å². The predicted molar refractivity (Wildman–Crippen MR) is 160 cm³/mol. The van der Waals surface area contributed by atoms with Crippen molar-refractivity contribution in [3.05, 3.63) is 59.2 Å². The molecule has 1 fully saturated rings. The maximum Gasteiger partial charge on any atom is 0.254 e. The molecule has 0 radical (unpaired) electrons. The minimum absolute atomic E-state index is 0.0612. The molecule has 0 aromatic heterocycles. The van der Waals surface area contributed by atoms with Crippen LogP contribution in [0.1, 0.15) is 40.7 Å². The number of benzene rings is 3. The van der Waals surface area contributed by atoms with E-state index in [-0.39, 0.29) is 5.91 Å². The summed E-state index contributed by atoms with van der Waals surface area (Å²) < 4.78 is 22.0. The molecule has 3 aromatic carbocycles. The molecule has 2 atom stereocenters. The summed E-state index contributed by atoms with van der Waals surface area (Å²) in [5, 5.41) is 13.2. The molecule has 2 aliphatic heterocycles. The molecule has 1 N–H and O–H groups in total. The zero-order chi connectivity index (χ0) is 28.9. The fourth-order valence-corrected chi connectivity index (χ4v) is 6.51. The molecule has 41 heavy (non-hydrogen) atoms. The van der Waals surface area contributed by atoms with Gasteiger partial charge in [-0.3, -0.25) is 4.79 Å². The van der Waals surface area contributed by atoms with E-state index in [4.69, 9.17) is 18.9 Å². The lowest BCUT2D eigenvalue weighted by atomic mass is 9.95. The number of fused-ring (bicyclic) bond motifs is 2. The highest BCUT2D eigenvalue weighted by atomic mass is 16.5. The predicted octanol–water partition coefficient (Wildman–Crippen LogP) is 4.58. The van der Waals surface area contributed by atoms with Gasteiger partial charge in [0.05, 0.1) is 34.5 Å². The summed E-state index contributed by atoms with van der Waals surface area (Å²) in [6.45, 7) is 3.87. The number of hydrogen-bond acceptors (Lipinski definition) is 7. The zero-order valence-electron chi connectivity index (χ0n) is 24.7. The molecule has 1 amide bonds. The lowest BCUT2D eigenvalue weighted by Gasteiger charge is -2.33. The third-order valence-corrected chi connectivity index (χ3v) is 8.52. The van der Waals surface area contributed by atoms with E-state index in [0.717, 1.165) is 67.2 Å². The molecule has 0 aliphatic carbocycles. The first kappa shape index (κ1) is 29.0. The summed E-state index contributed by atoms with van der Waals surface area (Å²) in [7, 11) is 6.50. The second kappa shape index (κ2) is 13.0. The maximum atomic E-state index is 13.5. The Morgan fingerprint density at radius 2 is 1.68 bits per heavy atom. The molecular formula is C33H42N2O6. The van der Waals surface area contributed by atoms with Gasteiger partial charge in [-0.2, -0.15) is 0 Å². The van der Waals surface area contributed by atoms with E-state index >= 15 is 0 Å². The van der Waals surface area contributed by atoms with Crippen LogP contribution in [0.5, 0.6) is 23.0 Å². The number of β-amino-alcohol motifs (C(OH)–C–C–N with tert-alkyl or cyclic N) is 1. The number of aliphatic hydroxyl groups excluding tert-OH is 1. The summed E-state index contributed by atoms with van der Waals surface area (Å²) in [6.07, 6.45) is 4.17. The van der Waals surface area contributed by atoms with E-state index in [2.05, 4.69) is 11.0 Å². The van der Waals surface area contributed by atoms with Crippen LogP contribution in [-0.2, 0) is 12.8 Å². The fourth-order valence-electron chi connectivity index (χ4n) is 6.51. The van der Waals surface area contributed by atoms with Crippen molar-refractivity contribution in [1.29, 1.82) is 0 Å². The van der Waals surface area contributed by atoms with Gasteiger partial charge in [0.15, 0.2) is 23.0 Å². The van der Waals surface area contributed by atoms with Gasteiger partial charge >= 0.3 is 0 Å². The lowest BCUT2D eigenvalue weighted by molar-refractivity contribution is 0.0672. The van der Waals surface area contributed by atoms with Gasteiger partial charge in [-0.1, -0.05) is 30.7 Å². The van der Waals surface area contributed by atoms with E-state index in [0.29, 0.717) is 54.0 Å². The average Bonchev–Trinajstić information content (AvgIpc) is 3.21. The Hall–Kier alpha value is -3.49. The Morgan fingerprint density at radius 1 is 0.902 bits per heavy atom. The number of carbonyl (C=O) groups excluding carboxylic acids is 1. The van der Waals surface area contributed by atoms with Crippen molar-refractivity contribution in [3.8, 4) is 23.0 Å². The number of ether oxygens (including phenoxy) is 4. The first-order chi connectivity index (χ1) is 19.9. The van der Waals surface area contributed by atoms with Crippen LogP contribution in [0.15, 0.2) is 42.5 Å². The normalized spacial score (nSPS) is 18.5. The SMILES string of the molecule is COc1cc2c(cc1OC)C(=O)N(CC1CCCCN(CC(O)Cc3cccc4c(OC)c(OC)ccc34)C1)CC2. The molecule has 3 aromatic rings. The number of hydrogen-bond donors (Lipinski definition) is 1. The minimum atomic E-state index is -0.501. The first-order valence-electron chi connectivity index (χ1n) is 14.5. The molecule has 5 rings (SSSR count). The van der Waals surface area contributed by atoms with Crippen LogP contribution in [0.2, 0.25) is 0 Å². The molecule has 2 heterocycles. The van der Waals surface area contributed by atoms with Crippen molar-refractivity contribution >= 4 is 16.7 Å². The molecule has 0 saturated carbocycles. The van der Waals surface area contributed by atoms with E-state index < -0.39 is 6.10 Å². The molecule has 220 valence electrons. The Morgan fingerprint density at radius 3 is 2.44 bits per heavy atom. The molecule has 8 heteroatoms. The molecule has 8 nitrogen and oxygen atoms in total. The van der Waals surface area contributed by atoms with Crippen LogP contribution in [0, 0.1) is 5.92 Å². The van der Waals surface area contributed by atoms with E-state index in [9.17, 15) is 9.90 Å². The number of nitrogens with zero attached hydrogens (tertiary/aromatic N) is 2. The van der Waals surface area contributed by atoms with Crippen molar-refractivity contribution in [3.63, 3.8) is 0 Å². The number of amides is 1. The van der Waals surface area contributed by atoms with Crippen LogP contribution in [0.4, 0.5) is 0 Å². The zero-order valence-corrected chi connectivity index (χ0v) is 24.7. The van der Waals surface area contributed by atoms with Gasteiger partial charge in [-0.15, -0.1) is 0 Å². The first-order valence-corrected chi connectivity index (χ1v) is 14.5. The van der Waals surface area contributed by atoms with Gasteiger partial charge in [0.2, 0.25) is 0 Å². The number of methoxy groups -OCH3 is 4. The Balaban J connectivity index is 1.24. The highest BCUT2D eigenvalue weighted by molar-refractivity contribution is 5.97. The molecule has 2 unspecified atom stereocenters. The summed E-state index contributed by atoms with van der Waals surface area (Å²) in [5.74, 6) is 3.08. The number of likely N-dealkylation sites (tertiary alicyclic amines) is 1. The number of carbonyl (C=O) groups is 1. The van der Waals surface area contributed by atoms with Gasteiger partial charge in [0.25, 0.3) is 5.91 Å². The maximum absolute atomic E-state index is 13.5. The smallest absolute Gasteiger partial charge is 0.254 e. The second-order valence-corrected chi connectivity index (χ2v) is 11.2. The van der Waals surface area contributed by atoms with Crippen LogP contribution in [0.3, 0.4) is 0 Å². The summed E-state index contributed by atoms with van der Waals surface area (Å²) in [6, 6.07) is 13.8. The van der Waals surface area contributed by atoms with Gasteiger partial charge in [0, 0.05) is 43.5 Å². The van der Waals surface area contributed by atoms with Crippen LogP contribution in [0.25, 0.3) is 10.8 Å². The largest absolute Gasteiger partial charge is 0.493 e. The quantitative estimate of drug-likeness (QED) is 0.388. The highest BCUT2D eigenvalue weighted by Crippen LogP contribution is 2.37. The fraction of sp³-hybridized carbons (Fsp3) is 0.485. The summed E-state index contributed by atoms with van der Waals surface area (Å²) >= 11 is 0. The molecule has 0 bridgehead atoms. The van der Waals surface area contributed by atoms with Gasteiger partial charge in [0.1, 0.15) is 0 Å². The third-order valence-electron chi connectivity index (χ3n) is 8.52. The van der Waals surface area contributed by atoms with Crippen molar-refractivity contribution in [1.82, 2.24) is 9.80 Å². The molecule has 0 spiro atoms. The Labute approximate surface area is 242 Å². The molecular weight excluding hydrogens is 520 g/mol. The number of rotatable bonds is 10.